The maximum atomic E-state index is 13.1. The van der Waals surface area contributed by atoms with Crippen LogP contribution in [0.5, 0.6) is 5.75 Å². The topological polar surface area (TPSA) is 44.8 Å². The fourth-order valence-corrected chi connectivity index (χ4v) is 4.33. The van der Waals surface area contributed by atoms with Gasteiger partial charge in [0.1, 0.15) is 5.75 Å². The third kappa shape index (κ3) is 14.7. The molecule has 0 atom stereocenters. The van der Waals surface area contributed by atoms with E-state index in [9.17, 15) is 4.57 Å². The van der Waals surface area contributed by atoms with E-state index in [0.29, 0.717) is 19.0 Å². The minimum Gasteiger partial charge on any atom is -0.404 e. The normalized spacial score (nSPS) is 12.1. The molecule has 0 radical (unpaired) electrons. The summed E-state index contributed by atoms with van der Waals surface area (Å²) in [5.74, 6) is 2.03. The van der Waals surface area contributed by atoms with E-state index in [4.69, 9.17) is 13.6 Å². The molecule has 0 aliphatic carbocycles. The molecule has 168 valence electrons. The Balaban J connectivity index is 2.34. The van der Waals surface area contributed by atoms with Crippen LogP contribution in [0.25, 0.3) is 0 Å². The largest absolute Gasteiger partial charge is 0.530 e. The molecule has 0 aliphatic heterocycles. The van der Waals surface area contributed by atoms with Crippen LogP contribution in [0.3, 0.4) is 0 Å². The number of rotatable bonds is 18. The highest BCUT2D eigenvalue weighted by atomic mass is 31.2. The van der Waals surface area contributed by atoms with E-state index in [1.165, 1.54) is 38.5 Å². The smallest absolute Gasteiger partial charge is 0.404 e. The summed E-state index contributed by atoms with van der Waals surface area (Å²) in [7, 11) is -3.58. The highest BCUT2D eigenvalue weighted by Crippen LogP contribution is 2.49. The van der Waals surface area contributed by atoms with Crippen LogP contribution in [0.2, 0.25) is 0 Å². The van der Waals surface area contributed by atoms with Gasteiger partial charge < -0.3 is 4.52 Å². The lowest BCUT2D eigenvalue weighted by Crippen LogP contribution is -2.05. The van der Waals surface area contributed by atoms with Gasteiger partial charge in [-0.3, -0.25) is 9.05 Å². The predicted octanol–water partition coefficient (Wildman–Crippen LogP) is 8.42. The Hall–Kier alpha value is -0.830. The van der Waals surface area contributed by atoms with Gasteiger partial charge in [0.25, 0.3) is 0 Å². The number of hydrogen-bond donors (Lipinski definition) is 0. The van der Waals surface area contributed by atoms with Crippen molar-refractivity contribution in [2.45, 2.75) is 91.9 Å². The number of phosphoric ester groups is 1. The molecule has 1 rings (SSSR count). The van der Waals surface area contributed by atoms with Crippen molar-refractivity contribution in [3.63, 3.8) is 0 Å². The first kappa shape index (κ1) is 26.2. The summed E-state index contributed by atoms with van der Waals surface area (Å²) < 4.78 is 30.0. The van der Waals surface area contributed by atoms with Crippen LogP contribution in [0.15, 0.2) is 30.3 Å². The van der Waals surface area contributed by atoms with Gasteiger partial charge in [0.05, 0.1) is 13.2 Å². The fourth-order valence-electron chi connectivity index (χ4n) is 3.07. The van der Waals surface area contributed by atoms with Gasteiger partial charge in [-0.2, -0.15) is 0 Å². The molecule has 5 heteroatoms. The molecule has 1 aromatic rings. The van der Waals surface area contributed by atoms with E-state index < -0.39 is 7.82 Å². The zero-order valence-electron chi connectivity index (χ0n) is 19.1. The number of benzene rings is 1. The lowest BCUT2D eigenvalue weighted by atomic mass is 10.0. The van der Waals surface area contributed by atoms with E-state index in [1.54, 1.807) is 12.1 Å². The minimum absolute atomic E-state index is 0.403. The van der Waals surface area contributed by atoms with Crippen LogP contribution in [0, 0.1) is 11.8 Å². The lowest BCUT2D eigenvalue weighted by molar-refractivity contribution is 0.150. The van der Waals surface area contributed by atoms with Crippen molar-refractivity contribution in [3.05, 3.63) is 30.3 Å². The Bertz CT molecular complexity index is 519. The van der Waals surface area contributed by atoms with Crippen LogP contribution in [-0.2, 0) is 13.6 Å². The number of para-hydroxylation sites is 1. The molecule has 0 N–H and O–H groups in total. The van der Waals surface area contributed by atoms with Crippen molar-refractivity contribution in [3.8, 4) is 5.75 Å². The fraction of sp³-hybridized carbons (Fsp3) is 0.750. The van der Waals surface area contributed by atoms with Crippen LogP contribution in [0.1, 0.15) is 91.9 Å². The number of phosphoric acid groups is 1. The van der Waals surface area contributed by atoms with Crippen molar-refractivity contribution in [1.82, 2.24) is 0 Å². The molecule has 4 nitrogen and oxygen atoms in total. The number of hydrogen-bond acceptors (Lipinski definition) is 4. The summed E-state index contributed by atoms with van der Waals surface area (Å²) in [6.07, 6.45) is 11.3. The molecule has 0 bridgehead atoms. The Kier molecular flexibility index (Phi) is 14.4. The third-order valence-corrected chi connectivity index (χ3v) is 6.24. The van der Waals surface area contributed by atoms with E-state index in [0.717, 1.165) is 37.5 Å². The zero-order chi connectivity index (χ0) is 21.4. The van der Waals surface area contributed by atoms with Crippen LogP contribution >= 0.6 is 7.82 Å². The van der Waals surface area contributed by atoms with E-state index >= 15 is 0 Å². The lowest BCUT2D eigenvalue weighted by Gasteiger charge is -2.18. The molecule has 29 heavy (non-hydrogen) atoms. The molecular formula is C24H43O4P. The van der Waals surface area contributed by atoms with Crippen LogP contribution in [-0.4, -0.2) is 13.2 Å². The summed E-state index contributed by atoms with van der Waals surface area (Å²) in [6.45, 7) is 9.81. The molecule has 0 aliphatic rings. The van der Waals surface area contributed by atoms with Crippen LogP contribution in [0.4, 0.5) is 0 Å². The second-order valence-electron chi connectivity index (χ2n) is 8.71. The molecule has 1 aromatic carbocycles. The molecule has 0 saturated carbocycles. The van der Waals surface area contributed by atoms with E-state index in [-0.39, 0.29) is 0 Å². The highest BCUT2D eigenvalue weighted by molar-refractivity contribution is 7.48. The van der Waals surface area contributed by atoms with Gasteiger partial charge in [0, 0.05) is 0 Å². The Morgan fingerprint density at radius 2 is 1.14 bits per heavy atom. The van der Waals surface area contributed by atoms with Gasteiger partial charge in [0.2, 0.25) is 0 Å². The standard InChI is InChI=1S/C24H43O4P/c1-22(2)16-10-5-7-14-20-26-29(25,28-24-18-12-9-13-19-24)27-21-15-8-6-11-17-23(3)4/h9,12-13,18-19,22-23H,5-8,10-11,14-17,20-21H2,1-4H3. The predicted molar refractivity (Wildman–Crippen MR) is 122 cm³/mol. The molecule has 0 amide bonds. The van der Waals surface area contributed by atoms with E-state index in [2.05, 4.69) is 27.7 Å². The van der Waals surface area contributed by atoms with Gasteiger partial charge in [-0.15, -0.1) is 0 Å². The third-order valence-electron chi connectivity index (χ3n) is 4.81. The molecule has 0 spiro atoms. The average Bonchev–Trinajstić information content (AvgIpc) is 2.67. The Morgan fingerprint density at radius 1 is 0.690 bits per heavy atom. The Labute approximate surface area is 179 Å². The monoisotopic (exact) mass is 426 g/mol. The maximum absolute atomic E-state index is 13.1. The maximum Gasteiger partial charge on any atom is 0.530 e. The van der Waals surface area contributed by atoms with E-state index in [1.807, 2.05) is 18.2 Å². The summed E-state index contributed by atoms with van der Waals surface area (Å²) in [5.41, 5.74) is 0. The summed E-state index contributed by atoms with van der Waals surface area (Å²) >= 11 is 0. The summed E-state index contributed by atoms with van der Waals surface area (Å²) in [6, 6.07) is 9.15. The van der Waals surface area contributed by atoms with Gasteiger partial charge in [-0.25, -0.2) is 4.57 Å². The van der Waals surface area contributed by atoms with Gasteiger partial charge in [-0.1, -0.05) is 97.3 Å². The first-order chi connectivity index (χ1) is 13.9. The second-order valence-corrected chi connectivity index (χ2v) is 10.3. The minimum atomic E-state index is -3.58. The van der Waals surface area contributed by atoms with Crippen LogP contribution < -0.4 is 4.52 Å². The van der Waals surface area contributed by atoms with Gasteiger partial charge in [-0.05, 0) is 36.8 Å². The molecule has 0 aromatic heterocycles. The first-order valence-electron chi connectivity index (χ1n) is 11.5. The SMILES string of the molecule is CC(C)CCCCCCOP(=O)(OCCCCCCC(C)C)Oc1ccccc1. The number of unbranched alkanes of at least 4 members (excludes halogenated alkanes) is 6. The molecule has 0 heterocycles. The van der Waals surface area contributed by atoms with Crippen molar-refractivity contribution in [2.24, 2.45) is 11.8 Å². The second kappa shape index (κ2) is 15.9. The molecule has 0 fully saturated rings. The highest BCUT2D eigenvalue weighted by Gasteiger charge is 2.28. The zero-order valence-corrected chi connectivity index (χ0v) is 20.0. The van der Waals surface area contributed by atoms with Crippen molar-refractivity contribution in [1.29, 1.82) is 0 Å². The average molecular weight is 427 g/mol. The molecule has 0 saturated heterocycles. The van der Waals surface area contributed by atoms with Crippen molar-refractivity contribution < 1.29 is 18.1 Å². The first-order valence-corrected chi connectivity index (χ1v) is 13.0. The van der Waals surface area contributed by atoms with Crippen molar-refractivity contribution >= 4 is 7.82 Å². The van der Waals surface area contributed by atoms with Gasteiger partial charge in [0.15, 0.2) is 0 Å². The Morgan fingerprint density at radius 3 is 1.59 bits per heavy atom. The summed E-state index contributed by atoms with van der Waals surface area (Å²) in [4.78, 5) is 0. The summed E-state index contributed by atoms with van der Waals surface area (Å²) in [5, 5.41) is 0. The quantitative estimate of drug-likeness (QED) is 0.174. The molecule has 0 unspecified atom stereocenters. The van der Waals surface area contributed by atoms with Gasteiger partial charge >= 0.3 is 7.82 Å². The molecular weight excluding hydrogens is 383 g/mol. The van der Waals surface area contributed by atoms with Crippen molar-refractivity contribution in [2.75, 3.05) is 13.2 Å².